The zero-order chi connectivity index (χ0) is 16.8. The molecule has 3 aromatic rings. The van der Waals surface area contributed by atoms with Crippen LogP contribution in [0.4, 0.5) is 0 Å². The van der Waals surface area contributed by atoms with Gasteiger partial charge in [-0.25, -0.2) is 0 Å². The number of para-hydroxylation sites is 1. The van der Waals surface area contributed by atoms with Gasteiger partial charge in [0, 0.05) is 7.05 Å². The highest BCUT2D eigenvalue weighted by Crippen LogP contribution is 2.36. The molecule has 0 radical (unpaired) electrons. The van der Waals surface area contributed by atoms with Crippen molar-refractivity contribution in [2.75, 3.05) is 7.05 Å². The standard InChI is InChI=1S/C20H17NO3/c1-3-12-8-10-13(11-9-12)17-16-18(22)14-6-4-5-7-15(14)24-19(16)20(23)21(17)2/h4-11,17H,3H2,1-2H3/t17-/m0/s1. The average Bonchev–Trinajstić information content (AvgIpc) is 2.87. The normalized spacial score (nSPS) is 16.7. The zero-order valence-corrected chi connectivity index (χ0v) is 13.6. The Balaban J connectivity index is 1.97. The number of rotatable bonds is 2. The molecule has 1 amide bonds. The van der Waals surface area contributed by atoms with E-state index >= 15 is 0 Å². The second-order valence-electron chi connectivity index (χ2n) is 6.08. The second kappa shape index (κ2) is 5.34. The molecule has 0 saturated carbocycles. The van der Waals surface area contributed by atoms with Crippen LogP contribution in [0.5, 0.6) is 0 Å². The highest BCUT2D eigenvalue weighted by atomic mass is 16.3. The van der Waals surface area contributed by atoms with Crippen LogP contribution in [0.1, 0.15) is 40.2 Å². The molecule has 4 heteroatoms. The summed E-state index contributed by atoms with van der Waals surface area (Å²) in [7, 11) is 1.71. The van der Waals surface area contributed by atoms with Crippen LogP contribution >= 0.6 is 0 Å². The number of nitrogens with zero attached hydrogens (tertiary/aromatic N) is 1. The zero-order valence-electron chi connectivity index (χ0n) is 13.6. The number of benzene rings is 2. The first kappa shape index (κ1) is 14.7. The van der Waals surface area contributed by atoms with Gasteiger partial charge in [-0.2, -0.15) is 0 Å². The monoisotopic (exact) mass is 319 g/mol. The van der Waals surface area contributed by atoms with Crippen LogP contribution in [-0.2, 0) is 6.42 Å². The number of hydrogen-bond acceptors (Lipinski definition) is 3. The van der Waals surface area contributed by atoms with Gasteiger partial charge in [0.1, 0.15) is 5.58 Å². The minimum absolute atomic E-state index is 0.130. The lowest BCUT2D eigenvalue weighted by molar-refractivity contribution is 0.0771. The molecule has 1 atom stereocenters. The Hall–Kier alpha value is -2.88. The molecule has 1 aliphatic heterocycles. The van der Waals surface area contributed by atoms with Crippen LogP contribution in [-0.4, -0.2) is 17.9 Å². The van der Waals surface area contributed by atoms with Gasteiger partial charge in [-0.05, 0) is 29.7 Å². The predicted octanol–water partition coefficient (Wildman–Crippen LogP) is 3.53. The molecule has 0 fully saturated rings. The van der Waals surface area contributed by atoms with Crippen LogP contribution in [0.25, 0.3) is 11.0 Å². The fourth-order valence-corrected chi connectivity index (χ4v) is 3.36. The third-order valence-corrected chi connectivity index (χ3v) is 4.71. The quantitative estimate of drug-likeness (QED) is 0.726. The van der Waals surface area contributed by atoms with Gasteiger partial charge in [0.05, 0.1) is 17.0 Å². The van der Waals surface area contributed by atoms with Crippen molar-refractivity contribution in [2.24, 2.45) is 0 Å². The molecule has 4 nitrogen and oxygen atoms in total. The first-order valence-corrected chi connectivity index (χ1v) is 8.03. The smallest absolute Gasteiger partial charge is 0.290 e. The van der Waals surface area contributed by atoms with E-state index in [4.69, 9.17) is 4.42 Å². The van der Waals surface area contributed by atoms with Crippen LogP contribution in [0.2, 0.25) is 0 Å². The summed E-state index contributed by atoms with van der Waals surface area (Å²) >= 11 is 0. The lowest BCUT2D eigenvalue weighted by Crippen LogP contribution is -2.25. The molecule has 1 aliphatic rings. The van der Waals surface area contributed by atoms with Crippen molar-refractivity contribution in [1.82, 2.24) is 4.90 Å². The van der Waals surface area contributed by atoms with Crippen LogP contribution in [0.15, 0.2) is 57.7 Å². The van der Waals surface area contributed by atoms with Gasteiger partial charge >= 0.3 is 0 Å². The van der Waals surface area contributed by atoms with E-state index in [2.05, 4.69) is 6.92 Å². The van der Waals surface area contributed by atoms with E-state index in [0.29, 0.717) is 16.5 Å². The third-order valence-electron chi connectivity index (χ3n) is 4.71. The molecule has 0 unspecified atom stereocenters. The Morgan fingerprint density at radius 2 is 1.75 bits per heavy atom. The minimum Gasteiger partial charge on any atom is -0.450 e. The van der Waals surface area contributed by atoms with Gasteiger partial charge in [0.25, 0.3) is 5.91 Å². The maximum absolute atomic E-state index is 13.0. The Morgan fingerprint density at radius 1 is 1.04 bits per heavy atom. The Labute approximate surface area is 139 Å². The summed E-state index contributed by atoms with van der Waals surface area (Å²) in [4.78, 5) is 27.2. The van der Waals surface area contributed by atoms with E-state index in [1.807, 2.05) is 24.3 Å². The third kappa shape index (κ3) is 1.99. The molecule has 2 heterocycles. The summed E-state index contributed by atoms with van der Waals surface area (Å²) in [6, 6.07) is 14.7. The second-order valence-corrected chi connectivity index (χ2v) is 6.08. The molecule has 0 N–H and O–H groups in total. The van der Waals surface area contributed by atoms with E-state index < -0.39 is 6.04 Å². The molecular formula is C20H17NO3. The van der Waals surface area contributed by atoms with Gasteiger partial charge in [-0.1, -0.05) is 43.3 Å². The van der Waals surface area contributed by atoms with E-state index in [1.165, 1.54) is 5.56 Å². The molecular weight excluding hydrogens is 302 g/mol. The van der Waals surface area contributed by atoms with Crippen molar-refractivity contribution in [2.45, 2.75) is 19.4 Å². The molecule has 24 heavy (non-hydrogen) atoms. The van der Waals surface area contributed by atoms with E-state index in [1.54, 1.807) is 36.2 Å². The number of hydrogen-bond donors (Lipinski definition) is 0. The summed E-state index contributed by atoms with van der Waals surface area (Å²) in [5.74, 6) is -0.0943. The molecule has 0 saturated heterocycles. The lowest BCUT2D eigenvalue weighted by Gasteiger charge is -2.20. The SMILES string of the molecule is CCc1ccc([C@H]2c3c(oc4ccccc4c3=O)C(=O)N2C)cc1. The van der Waals surface area contributed by atoms with Gasteiger partial charge in [-0.15, -0.1) is 0 Å². The Bertz CT molecular complexity index is 1000. The number of carbonyl (C=O) groups excluding carboxylic acids is 1. The van der Waals surface area contributed by atoms with Gasteiger partial charge in [0.15, 0.2) is 5.43 Å². The first-order chi connectivity index (χ1) is 11.6. The molecule has 2 aromatic carbocycles. The molecule has 0 bridgehead atoms. The van der Waals surface area contributed by atoms with Crippen molar-refractivity contribution in [1.29, 1.82) is 0 Å². The van der Waals surface area contributed by atoms with Gasteiger partial charge in [0.2, 0.25) is 5.76 Å². The Morgan fingerprint density at radius 3 is 2.46 bits per heavy atom. The number of fused-ring (bicyclic) bond motifs is 2. The molecule has 4 rings (SSSR count). The largest absolute Gasteiger partial charge is 0.450 e. The van der Waals surface area contributed by atoms with Gasteiger partial charge in [-0.3, -0.25) is 9.59 Å². The van der Waals surface area contributed by atoms with E-state index in [-0.39, 0.29) is 17.1 Å². The van der Waals surface area contributed by atoms with Crippen LogP contribution in [0, 0.1) is 0 Å². The Kier molecular flexibility index (Phi) is 3.27. The summed E-state index contributed by atoms with van der Waals surface area (Å²) < 4.78 is 5.77. The highest BCUT2D eigenvalue weighted by Gasteiger charge is 2.40. The summed E-state index contributed by atoms with van der Waals surface area (Å²) in [6.07, 6.45) is 0.947. The van der Waals surface area contributed by atoms with E-state index in [0.717, 1.165) is 12.0 Å². The predicted molar refractivity (Wildman–Crippen MR) is 92.2 cm³/mol. The average molecular weight is 319 g/mol. The van der Waals surface area contributed by atoms with Gasteiger partial charge < -0.3 is 9.32 Å². The van der Waals surface area contributed by atoms with Crippen LogP contribution in [0.3, 0.4) is 0 Å². The highest BCUT2D eigenvalue weighted by molar-refractivity contribution is 5.98. The fourth-order valence-electron chi connectivity index (χ4n) is 3.36. The summed E-state index contributed by atoms with van der Waals surface area (Å²) in [5.41, 5.74) is 2.89. The topological polar surface area (TPSA) is 50.5 Å². The summed E-state index contributed by atoms with van der Waals surface area (Å²) in [6.45, 7) is 2.09. The lowest BCUT2D eigenvalue weighted by atomic mass is 9.97. The van der Waals surface area contributed by atoms with Crippen molar-refractivity contribution in [3.63, 3.8) is 0 Å². The van der Waals surface area contributed by atoms with Crippen molar-refractivity contribution in [3.05, 3.63) is 81.2 Å². The minimum atomic E-state index is -0.403. The first-order valence-electron chi connectivity index (χ1n) is 8.03. The molecule has 0 spiro atoms. The maximum Gasteiger partial charge on any atom is 0.290 e. The summed E-state index contributed by atoms with van der Waals surface area (Å²) in [5, 5.41) is 0.509. The van der Waals surface area contributed by atoms with Crippen molar-refractivity contribution < 1.29 is 9.21 Å². The molecule has 1 aromatic heterocycles. The van der Waals surface area contributed by atoms with Crippen molar-refractivity contribution in [3.8, 4) is 0 Å². The number of carbonyl (C=O) groups is 1. The molecule has 0 aliphatic carbocycles. The van der Waals surface area contributed by atoms with Crippen LogP contribution < -0.4 is 5.43 Å². The fraction of sp³-hybridized carbons (Fsp3) is 0.200. The molecule has 120 valence electrons. The number of amides is 1. The number of aryl methyl sites for hydroxylation is 1. The maximum atomic E-state index is 13.0. The van der Waals surface area contributed by atoms with Crippen molar-refractivity contribution >= 4 is 16.9 Å². The van der Waals surface area contributed by atoms with E-state index in [9.17, 15) is 9.59 Å².